The molecule has 0 aliphatic heterocycles. The van der Waals surface area contributed by atoms with Crippen LogP contribution in [0, 0.1) is 29.7 Å². The Morgan fingerprint density at radius 3 is 2.11 bits per heavy atom. The third-order valence-electron chi connectivity index (χ3n) is 11.3. The Morgan fingerprint density at radius 2 is 1.50 bits per heavy atom. The molecule has 2 aromatic heterocycles. The Labute approximate surface area is 339 Å². The summed E-state index contributed by atoms with van der Waals surface area (Å²) in [7, 11) is 0. The van der Waals surface area contributed by atoms with Crippen molar-refractivity contribution in [2.75, 3.05) is 0 Å². The third kappa shape index (κ3) is 8.66. The number of aryl methyl sites for hydroxylation is 1. The number of aromatic nitrogens is 2. The zero-order valence-corrected chi connectivity index (χ0v) is 36.6. The van der Waals surface area contributed by atoms with Gasteiger partial charge in [0.2, 0.25) is 5.71 Å². The molecule has 0 bridgehead atoms. The van der Waals surface area contributed by atoms with E-state index in [2.05, 4.69) is 68.2 Å². The van der Waals surface area contributed by atoms with Crippen LogP contribution in [0.1, 0.15) is 122 Å². The molecule has 0 amide bonds. The predicted octanol–water partition coefficient (Wildman–Crippen LogP) is 13.6. The molecule has 0 aliphatic rings. The van der Waals surface area contributed by atoms with Crippen LogP contribution in [0.15, 0.2) is 76.9 Å². The number of fused-ring (bicyclic) bond motifs is 6. The van der Waals surface area contributed by atoms with Crippen LogP contribution < -0.4 is 0 Å². The molecule has 0 aliphatic carbocycles. The number of furan rings is 1. The third-order valence-corrected chi connectivity index (χ3v) is 11.3. The number of carbonyl (C=O) groups excluding carboxylic acids is 1. The first kappa shape index (κ1) is 39.8. The van der Waals surface area contributed by atoms with Gasteiger partial charge in [-0.05, 0) is 67.3 Å². The van der Waals surface area contributed by atoms with Crippen molar-refractivity contribution >= 4 is 49.4 Å². The van der Waals surface area contributed by atoms with E-state index >= 15 is 0 Å². The SMILES string of the molecule is CCC(C)(CC)C(=O)/C=C(\O)C(C)(CC)CC.[2H]C([2H])(c1ccc2ccc3c(oc4nc(C)nc(-c5[c-]c6ccccc6c(C(C)(C)C)c5)c43)c2c1)C(C)C.[Ir]. The van der Waals surface area contributed by atoms with Crippen molar-refractivity contribution in [1.82, 2.24) is 9.97 Å². The normalized spacial score (nSPS) is 13.5. The molecule has 289 valence electrons. The minimum absolute atomic E-state index is 0. The number of aliphatic hydroxyl groups is 1. The van der Waals surface area contributed by atoms with Gasteiger partial charge in [0.15, 0.2) is 5.78 Å². The molecule has 54 heavy (non-hydrogen) atoms. The molecular weight excluding hydrogens is 845 g/mol. The predicted molar refractivity (Wildman–Crippen MR) is 224 cm³/mol. The molecule has 0 unspecified atom stereocenters. The Hall–Kier alpha value is -3.86. The summed E-state index contributed by atoms with van der Waals surface area (Å²) >= 11 is 0. The number of allylic oxidation sites excluding steroid dienone is 2. The fraction of sp³-hybridized carbons (Fsp3) is 0.438. The van der Waals surface area contributed by atoms with Crippen molar-refractivity contribution in [1.29, 1.82) is 0 Å². The molecular formula is C48H59IrN2O3-. The molecule has 6 rings (SSSR count). The minimum Gasteiger partial charge on any atom is -0.512 e. The van der Waals surface area contributed by atoms with Crippen LogP contribution in [0.4, 0.5) is 0 Å². The standard InChI is InChI=1S/C33H31N2O.C15H28O2.Ir/c1-19(2)15-21-11-12-22-13-14-26-29-30(34-20(3)35-32(29)36-31(26)27(22)16-21)24-17-23-9-7-8-10-25(23)28(18-24)33(4,5)6;1-7-14(5,8-2)12(16)11-13(17)15(6,9-3)10-4;/h7-14,16,18-19H,15H2,1-6H3;11,16H,7-10H2,1-6H3;/q-1;;/b;12-11-;/i15D2;;. The molecule has 0 saturated heterocycles. The topological polar surface area (TPSA) is 76.2 Å². The van der Waals surface area contributed by atoms with Crippen LogP contribution in [0.3, 0.4) is 0 Å². The van der Waals surface area contributed by atoms with Crippen LogP contribution in [0.25, 0.3) is 54.9 Å². The summed E-state index contributed by atoms with van der Waals surface area (Å²) < 4.78 is 23.7. The van der Waals surface area contributed by atoms with Crippen LogP contribution in [-0.2, 0) is 36.7 Å². The molecule has 6 heteroatoms. The van der Waals surface area contributed by atoms with Gasteiger partial charge in [-0.3, -0.25) is 9.78 Å². The number of hydrogen-bond donors (Lipinski definition) is 1. The molecule has 0 fully saturated rings. The zero-order chi connectivity index (χ0) is 40.7. The van der Waals surface area contributed by atoms with Crippen molar-refractivity contribution in [2.24, 2.45) is 16.7 Å². The van der Waals surface area contributed by atoms with Gasteiger partial charge in [0.1, 0.15) is 17.2 Å². The van der Waals surface area contributed by atoms with E-state index in [-0.39, 0.29) is 53.8 Å². The van der Waals surface area contributed by atoms with Crippen molar-refractivity contribution in [3.8, 4) is 11.3 Å². The summed E-state index contributed by atoms with van der Waals surface area (Å²) in [5.41, 5.74) is 4.17. The average Bonchev–Trinajstić information content (AvgIpc) is 3.54. The van der Waals surface area contributed by atoms with Gasteiger partial charge in [0, 0.05) is 61.6 Å². The first-order valence-corrected chi connectivity index (χ1v) is 19.3. The van der Waals surface area contributed by atoms with E-state index in [1.54, 1.807) is 0 Å². The Morgan fingerprint density at radius 1 is 0.870 bits per heavy atom. The zero-order valence-electron chi connectivity index (χ0n) is 36.2. The van der Waals surface area contributed by atoms with Gasteiger partial charge in [-0.15, -0.1) is 29.1 Å². The molecule has 6 aromatic rings. The van der Waals surface area contributed by atoms with E-state index in [0.29, 0.717) is 22.7 Å². The summed E-state index contributed by atoms with van der Waals surface area (Å²) in [4.78, 5) is 21.8. The second-order valence-electron chi connectivity index (χ2n) is 16.4. The molecule has 0 saturated carbocycles. The molecule has 5 nitrogen and oxygen atoms in total. The Kier molecular flexibility index (Phi) is 12.4. The van der Waals surface area contributed by atoms with E-state index in [1.807, 2.05) is 86.6 Å². The number of ketones is 1. The fourth-order valence-corrected chi connectivity index (χ4v) is 6.84. The summed E-state index contributed by atoms with van der Waals surface area (Å²) in [6.07, 6.45) is 3.30. The number of rotatable bonds is 10. The molecule has 0 spiro atoms. The first-order valence-electron chi connectivity index (χ1n) is 20.3. The maximum absolute atomic E-state index is 12.2. The second kappa shape index (κ2) is 16.9. The van der Waals surface area contributed by atoms with Crippen LogP contribution in [0.2, 0.25) is 0 Å². The van der Waals surface area contributed by atoms with E-state index in [0.717, 1.165) is 63.9 Å². The van der Waals surface area contributed by atoms with E-state index in [4.69, 9.17) is 12.1 Å². The van der Waals surface area contributed by atoms with E-state index in [9.17, 15) is 9.90 Å². The Balaban J connectivity index is 0.000000330. The number of carbonyl (C=O) groups is 1. The van der Waals surface area contributed by atoms with Gasteiger partial charge < -0.3 is 9.52 Å². The number of aliphatic hydroxyl groups excluding tert-OH is 1. The number of hydrogen-bond acceptors (Lipinski definition) is 5. The minimum atomic E-state index is -1.45. The van der Waals surface area contributed by atoms with E-state index < -0.39 is 6.37 Å². The summed E-state index contributed by atoms with van der Waals surface area (Å²) in [5, 5.41) is 16.0. The first-order chi connectivity index (χ1) is 25.7. The van der Waals surface area contributed by atoms with Crippen LogP contribution >= 0.6 is 0 Å². The molecule has 4 aromatic carbocycles. The molecule has 0 atom stereocenters. The van der Waals surface area contributed by atoms with Gasteiger partial charge in [-0.1, -0.05) is 130 Å². The maximum Gasteiger partial charge on any atom is 0.223 e. The Bertz CT molecular complexity index is 2400. The monoisotopic (exact) mass is 906 g/mol. The molecule has 2 heterocycles. The van der Waals surface area contributed by atoms with Gasteiger partial charge in [-0.25, -0.2) is 0 Å². The smallest absolute Gasteiger partial charge is 0.223 e. The van der Waals surface area contributed by atoms with Gasteiger partial charge in [0.05, 0.1) is 0 Å². The number of benzene rings is 4. The van der Waals surface area contributed by atoms with Gasteiger partial charge >= 0.3 is 0 Å². The average molecular weight is 906 g/mol. The maximum atomic E-state index is 12.2. The van der Waals surface area contributed by atoms with Crippen molar-refractivity contribution in [2.45, 2.75) is 121 Å². The van der Waals surface area contributed by atoms with E-state index in [1.165, 1.54) is 17.0 Å². The summed E-state index contributed by atoms with van der Waals surface area (Å²) in [6.45, 7) is 24.5. The summed E-state index contributed by atoms with van der Waals surface area (Å²) in [6, 6.07) is 24.1. The second-order valence-corrected chi connectivity index (χ2v) is 16.4. The summed E-state index contributed by atoms with van der Waals surface area (Å²) in [5.74, 6) is 0.760. The largest absolute Gasteiger partial charge is 0.512 e. The van der Waals surface area contributed by atoms with Crippen molar-refractivity contribution in [3.63, 3.8) is 0 Å². The van der Waals surface area contributed by atoms with Gasteiger partial charge in [-0.2, -0.15) is 4.98 Å². The van der Waals surface area contributed by atoms with Crippen LogP contribution in [-0.4, -0.2) is 20.9 Å². The number of nitrogens with zero attached hydrogens (tertiary/aromatic N) is 2. The van der Waals surface area contributed by atoms with Gasteiger partial charge in [0.25, 0.3) is 0 Å². The van der Waals surface area contributed by atoms with Crippen molar-refractivity contribution in [3.05, 3.63) is 95.5 Å². The quantitative estimate of drug-likeness (QED) is 0.0842. The molecule has 1 radical (unpaired) electrons. The van der Waals surface area contributed by atoms with Crippen molar-refractivity contribution < 1.29 is 37.2 Å². The molecule has 1 N–H and O–H groups in total. The fourth-order valence-electron chi connectivity index (χ4n) is 6.84. The van der Waals surface area contributed by atoms with Crippen LogP contribution in [0.5, 0.6) is 0 Å².